The molecule has 2 amide bonds. The summed E-state index contributed by atoms with van der Waals surface area (Å²) >= 11 is 0. The fraction of sp³-hybridized carbons (Fsp3) is 0.654. The lowest BCUT2D eigenvalue weighted by Crippen LogP contribution is -2.65. The van der Waals surface area contributed by atoms with Gasteiger partial charge < -0.3 is 15.1 Å². The van der Waals surface area contributed by atoms with Crippen LogP contribution in [-0.2, 0) is 12.4 Å². The Labute approximate surface area is 213 Å². The number of urea groups is 1. The maximum atomic E-state index is 13.1. The van der Waals surface area contributed by atoms with Crippen LogP contribution in [0.2, 0.25) is 0 Å². The summed E-state index contributed by atoms with van der Waals surface area (Å²) in [6, 6.07) is 0.525. The van der Waals surface area contributed by atoms with Gasteiger partial charge in [0.15, 0.2) is 0 Å². The molecule has 1 aromatic rings. The van der Waals surface area contributed by atoms with Crippen LogP contribution in [-0.4, -0.2) is 72.6 Å². The Morgan fingerprint density at radius 2 is 1.51 bits per heavy atom. The molecule has 0 saturated carbocycles. The van der Waals surface area contributed by atoms with Crippen LogP contribution < -0.4 is 5.32 Å². The molecule has 5 nitrogen and oxygen atoms in total. The molecule has 0 bridgehead atoms. The van der Waals surface area contributed by atoms with E-state index in [0.29, 0.717) is 43.0 Å². The van der Waals surface area contributed by atoms with E-state index in [-0.39, 0.29) is 12.1 Å². The first kappa shape index (κ1) is 27.8. The highest BCUT2D eigenvalue weighted by atomic mass is 19.4. The number of nitrogens with zero attached hydrogens (tertiary/aromatic N) is 3. The largest absolute Gasteiger partial charge is 0.416 e. The van der Waals surface area contributed by atoms with Crippen LogP contribution in [0.1, 0.15) is 38.3 Å². The van der Waals surface area contributed by atoms with Crippen molar-refractivity contribution in [3.63, 3.8) is 0 Å². The van der Waals surface area contributed by atoms with Gasteiger partial charge >= 0.3 is 18.4 Å². The molecule has 37 heavy (non-hydrogen) atoms. The minimum Gasteiger partial charge on any atom is -0.321 e. The molecule has 11 heteroatoms. The van der Waals surface area contributed by atoms with Gasteiger partial charge in [0.1, 0.15) is 0 Å². The normalized spacial score (nSPS) is 26.6. The van der Waals surface area contributed by atoms with Crippen molar-refractivity contribution in [2.75, 3.05) is 51.1 Å². The van der Waals surface area contributed by atoms with Gasteiger partial charge in [0.2, 0.25) is 0 Å². The van der Waals surface area contributed by atoms with E-state index < -0.39 is 35.2 Å². The molecular weight excluding hydrogens is 498 g/mol. The van der Waals surface area contributed by atoms with Gasteiger partial charge in [-0.05, 0) is 49.3 Å². The zero-order chi connectivity index (χ0) is 27.1. The third-order valence-corrected chi connectivity index (χ3v) is 8.11. The van der Waals surface area contributed by atoms with Crippen molar-refractivity contribution < 1.29 is 31.1 Å². The van der Waals surface area contributed by atoms with Gasteiger partial charge in [0.25, 0.3) is 0 Å². The standard InChI is InChI=1S/C26H34F6N4O/c1-16-8-17(2)18(3)19(9-16)13-34-4-6-35(7-5-34)23-14-36(15-23)24(37)33-22-11-20(25(27,28)29)10-21(12-22)26(30,31)32/h8,10-12,17-19,23H,4-7,9,13-15H2,1-3H3,(H,33,37). The Bertz CT molecular complexity index is 977. The highest BCUT2D eigenvalue weighted by Gasteiger charge is 2.39. The summed E-state index contributed by atoms with van der Waals surface area (Å²) in [6.45, 7) is 12.3. The second-order valence-corrected chi connectivity index (χ2v) is 10.8. The first-order chi connectivity index (χ1) is 17.2. The van der Waals surface area contributed by atoms with E-state index in [0.717, 1.165) is 39.1 Å². The van der Waals surface area contributed by atoms with Crippen LogP contribution in [0.3, 0.4) is 0 Å². The van der Waals surface area contributed by atoms with Crippen molar-refractivity contribution in [1.82, 2.24) is 14.7 Å². The summed E-state index contributed by atoms with van der Waals surface area (Å²) in [4.78, 5) is 18.7. The van der Waals surface area contributed by atoms with Crippen molar-refractivity contribution in [2.45, 2.75) is 45.6 Å². The number of likely N-dealkylation sites (tertiary alicyclic amines) is 1. The highest BCUT2D eigenvalue weighted by Crippen LogP contribution is 2.38. The van der Waals surface area contributed by atoms with E-state index in [9.17, 15) is 31.1 Å². The number of allylic oxidation sites excluding steroid dienone is 2. The number of carbonyl (C=O) groups excluding carboxylic acids is 1. The van der Waals surface area contributed by atoms with Gasteiger partial charge in [-0.15, -0.1) is 0 Å². The van der Waals surface area contributed by atoms with Gasteiger partial charge in [0.05, 0.1) is 11.1 Å². The number of rotatable bonds is 4. The molecular formula is C26H34F6N4O. The molecule has 1 aliphatic carbocycles. The van der Waals surface area contributed by atoms with Crippen LogP contribution >= 0.6 is 0 Å². The molecule has 2 aliphatic heterocycles. The Morgan fingerprint density at radius 1 is 0.946 bits per heavy atom. The zero-order valence-electron chi connectivity index (χ0n) is 21.3. The molecule has 1 aromatic carbocycles. The minimum absolute atomic E-state index is 0.0440. The van der Waals surface area contributed by atoms with Crippen LogP contribution in [0, 0.1) is 17.8 Å². The molecule has 206 valence electrons. The van der Waals surface area contributed by atoms with Crippen LogP contribution in [0.5, 0.6) is 0 Å². The first-order valence-corrected chi connectivity index (χ1v) is 12.7. The lowest BCUT2D eigenvalue weighted by atomic mass is 9.75. The molecule has 0 spiro atoms. The number of carbonyl (C=O) groups is 1. The van der Waals surface area contributed by atoms with E-state index in [4.69, 9.17) is 0 Å². The van der Waals surface area contributed by atoms with Gasteiger partial charge in [-0.1, -0.05) is 25.5 Å². The fourth-order valence-corrected chi connectivity index (χ4v) is 5.65. The van der Waals surface area contributed by atoms with Crippen molar-refractivity contribution in [1.29, 1.82) is 0 Å². The van der Waals surface area contributed by atoms with E-state index in [2.05, 4.69) is 42.0 Å². The van der Waals surface area contributed by atoms with Crippen molar-refractivity contribution >= 4 is 11.7 Å². The Balaban J connectivity index is 1.26. The van der Waals surface area contributed by atoms with Crippen LogP contribution in [0.4, 0.5) is 36.8 Å². The lowest BCUT2D eigenvalue weighted by molar-refractivity contribution is -0.143. The average Bonchev–Trinajstić information content (AvgIpc) is 2.76. The van der Waals surface area contributed by atoms with Crippen molar-refractivity contribution in [3.05, 3.63) is 41.0 Å². The minimum atomic E-state index is -4.96. The first-order valence-electron chi connectivity index (χ1n) is 12.7. The second kappa shape index (κ2) is 10.5. The smallest absolute Gasteiger partial charge is 0.321 e. The maximum absolute atomic E-state index is 13.1. The van der Waals surface area contributed by atoms with Crippen LogP contribution in [0.15, 0.2) is 29.8 Å². The average molecular weight is 533 g/mol. The number of hydrogen-bond donors (Lipinski definition) is 1. The summed E-state index contributed by atoms with van der Waals surface area (Å²) in [5.41, 5.74) is -1.98. The van der Waals surface area contributed by atoms with E-state index in [1.807, 2.05) is 0 Å². The number of amides is 2. The van der Waals surface area contributed by atoms with E-state index in [1.165, 1.54) is 10.5 Å². The lowest BCUT2D eigenvalue weighted by Gasteiger charge is -2.48. The topological polar surface area (TPSA) is 38.8 Å². The SMILES string of the molecule is CC1=CC(C)C(C)C(CN2CCN(C3CN(C(=O)Nc4cc(C(F)(F)F)cc(C(F)(F)F)c4)C3)CC2)C1. The third kappa shape index (κ3) is 6.60. The summed E-state index contributed by atoms with van der Waals surface area (Å²) < 4.78 is 78.5. The molecule has 0 radical (unpaired) electrons. The van der Waals surface area contributed by atoms with E-state index >= 15 is 0 Å². The number of nitrogens with one attached hydrogen (secondary N) is 1. The summed E-state index contributed by atoms with van der Waals surface area (Å²) in [6.07, 6.45) is -6.42. The Hall–Kier alpha value is -2.27. The fourth-order valence-electron chi connectivity index (χ4n) is 5.65. The highest BCUT2D eigenvalue weighted by molar-refractivity contribution is 5.90. The Morgan fingerprint density at radius 3 is 2.05 bits per heavy atom. The van der Waals surface area contributed by atoms with Crippen molar-refractivity contribution in [3.8, 4) is 0 Å². The molecule has 1 N–H and O–H groups in total. The molecule has 2 saturated heterocycles. The molecule has 4 rings (SSSR count). The summed E-state index contributed by atoms with van der Waals surface area (Å²) in [5.74, 6) is 1.87. The van der Waals surface area contributed by atoms with Gasteiger partial charge in [-0.25, -0.2) is 4.79 Å². The maximum Gasteiger partial charge on any atom is 0.416 e. The van der Waals surface area contributed by atoms with Crippen molar-refractivity contribution in [2.24, 2.45) is 17.8 Å². The molecule has 3 atom stereocenters. The third-order valence-electron chi connectivity index (χ3n) is 8.11. The molecule has 0 aromatic heterocycles. The molecule has 3 aliphatic rings. The predicted octanol–water partition coefficient (Wildman–Crippen LogP) is 5.80. The predicted molar refractivity (Wildman–Crippen MR) is 129 cm³/mol. The number of hydrogen-bond acceptors (Lipinski definition) is 3. The zero-order valence-corrected chi connectivity index (χ0v) is 21.3. The number of alkyl halides is 6. The second-order valence-electron chi connectivity index (χ2n) is 10.8. The summed E-state index contributed by atoms with van der Waals surface area (Å²) in [7, 11) is 0. The quantitative estimate of drug-likeness (QED) is 0.394. The van der Waals surface area contributed by atoms with Crippen LogP contribution in [0.25, 0.3) is 0 Å². The molecule has 2 heterocycles. The Kier molecular flexibility index (Phi) is 7.86. The van der Waals surface area contributed by atoms with Gasteiger partial charge in [0, 0.05) is 57.5 Å². The number of halogens is 6. The number of benzene rings is 1. The summed E-state index contributed by atoms with van der Waals surface area (Å²) in [5, 5.41) is 2.21. The monoisotopic (exact) mass is 532 g/mol. The molecule has 2 fully saturated rings. The number of anilines is 1. The number of piperazine rings is 1. The van der Waals surface area contributed by atoms with Gasteiger partial charge in [-0.2, -0.15) is 26.3 Å². The van der Waals surface area contributed by atoms with Gasteiger partial charge in [-0.3, -0.25) is 4.90 Å². The van der Waals surface area contributed by atoms with E-state index in [1.54, 1.807) is 0 Å². The molecule has 3 unspecified atom stereocenters.